The highest BCUT2D eigenvalue weighted by Gasteiger charge is 2.65. The number of hydrogen-bond acceptors (Lipinski definition) is 4. The molecule has 0 fully saturated rings. The predicted octanol–water partition coefficient (Wildman–Crippen LogP) is 2.28. The monoisotopic (exact) mass is 218 g/mol. The number of benzene rings is 1. The summed E-state index contributed by atoms with van der Waals surface area (Å²) in [6, 6.07) is 2.66. The van der Waals surface area contributed by atoms with Gasteiger partial charge in [-0.15, -0.1) is 10.2 Å². The second-order valence-corrected chi connectivity index (χ2v) is 3.11. The zero-order valence-corrected chi connectivity index (χ0v) is 7.15. The molecule has 80 valence electrons. The molecule has 7 heteroatoms. The third-order valence-electron chi connectivity index (χ3n) is 2.00. The molecule has 2 N–H and O–H groups in total. The van der Waals surface area contributed by atoms with Gasteiger partial charge in [0, 0.05) is 11.6 Å². The molecule has 15 heavy (non-hydrogen) atoms. The molecule has 0 aromatic heterocycles. The summed E-state index contributed by atoms with van der Waals surface area (Å²) in [5.74, 6) is -0.933. The van der Waals surface area contributed by atoms with Crippen LogP contribution < -0.4 is 0 Å². The van der Waals surface area contributed by atoms with Crippen molar-refractivity contribution in [2.75, 3.05) is 0 Å². The normalized spacial score (nSPS) is 17.8. The molecular weight excluding hydrogens is 213 g/mol. The van der Waals surface area contributed by atoms with Gasteiger partial charge < -0.3 is 10.2 Å². The highest BCUT2D eigenvalue weighted by atomic mass is 19.4. The van der Waals surface area contributed by atoms with Crippen molar-refractivity contribution in [2.45, 2.75) is 11.8 Å². The lowest BCUT2D eigenvalue weighted by molar-refractivity contribution is -0.166. The molecule has 0 aliphatic carbocycles. The van der Waals surface area contributed by atoms with Crippen molar-refractivity contribution < 1.29 is 23.4 Å². The summed E-state index contributed by atoms with van der Waals surface area (Å²) in [5.41, 5.74) is -3.00. The number of hydrogen-bond donors (Lipinski definition) is 2. The molecule has 4 nitrogen and oxygen atoms in total. The SMILES string of the molecule is Oc1cc(O)cc(C2(C(F)(F)F)N=N2)c1. The molecule has 1 heterocycles. The van der Waals surface area contributed by atoms with Crippen molar-refractivity contribution in [2.24, 2.45) is 10.2 Å². The summed E-state index contributed by atoms with van der Waals surface area (Å²) in [6.45, 7) is 0. The summed E-state index contributed by atoms with van der Waals surface area (Å²) in [7, 11) is 0. The van der Waals surface area contributed by atoms with Gasteiger partial charge in [0.05, 0.1) is 0 Å². The van der Waals surface area contributed by atoms with E-state index in [0.29, 0.717) is 0 Å². The van der Waals surface area contributed by atoms with E-state index in [2.05, 4.69) is 10.2 Å². The van der Waals surface area contributed by atoms with Crippen molar-refractivity contribution in [1.29, 1.82) is 0 Å². The molecule has 0 spiro atoms. The molecule has 0 radical (unpaired) electrons. The Kier molecular flexibility index (Phi) is 1.70. The Hall–Kier alpha value is -1.79. The number of phenols is 2. The minimum absolute atomic E-state index is 0.396. The average Bonchev–Trinajstić information content (AvgIpc) is 2.79. The quantitative estimate of drug-likeness (QED) is 0.759. The van der Waals surface area contributed by atoms with Crippen LogP contribution in [-0.2, 0) is 5.66 Å². The molecule has 2 rings (SSSR count). The Labute approximate surface area is 81.7 Å². The van der Waals surface area contributed by atoms with Gasteiger partial charge in [-0.25, -0.2) is 0 Å². The van der Waals surface area contributed by atoms with Gasteiger partial charge in [-0.2, -0.15) is 13.2 Å². The topological polar surface area (TPSA) is 65.2 Å². The molecule has 1 aliphatic rings. The van der Waals surface area contributed by atoms with Gasteiger partial charge in [0.25, 0.3) is 0 Å². The van der Waals surface area contributed by atoms with E-state index in [9.17, 15) is 13.2 Å². The zero-order chi connectivity index (χ0) is 11.3. The van der Waals surface area contributed by atoms with E-state index in [4.69, 9.17) is 10.2 Å². The maximum atomic E-state index is 12.5. The number of rotatable bonds is 1. The second-order valence-electron chi connectivity index (χ2n) is 3.11. The lowest BCUT2D eigenvalue weighted by Gasteiger charge is -2.14. The number of halogens is 3. The van der Waals surface area contributed by atoms with Crippen molar-refractivity contribution in [3.8, 4) is 11.5 Å². The molecule has 0 bridgehead atoms. The van der Waals surface area contributed by atoms with Gasteiger partial charge in [-0.05, 0) is 12.1 Å². The van der Waals surface area contributed by atoms with E-state index in [1.165, 1.54) is 0 Å². The Morgan fingerprint density at radius 3 is 1.80 bits per heavy atom. The van der Waals surface area contributed by atoms with Crippen LogP contribution in [-0.4, -0.2) is 16.4 Å². The maximum absolute atomic E-state index is 12.5. The van der Waals surface area contributed by atoms with E-state index in [0.717, 1.165) is 18.2 Å². The first-order valence-electron chi connectivity index (χ1n) is 3.89. The van der Waals surface area contributed by atoms with Crippen LogP contribution in [0.3, 0.4) is 0 Å². The molecule has 0 saturated carbocycles. The first kappa shape index (κ1) is 9.75. The van der Waals surface area contributed by atoms with Gasteiger partial charge in [-0.1, -0.05) is 0 Å². The van der Waals surface area contributed by atoms with Crippen LogP contribution >= 0.6 is 0 Å². The molecule has 0 amide bonds. The van der Waals surface area contributed by atoms with Crippen LogP contribution in [0.15, 0.2) is 28.4 Å². The highest BCUT2D eigenvalue weighted by molar-refractivity contribution is 5.42. The van der Waals surface area contributed by atoms with Crippen LogP contribution in [0.25, 0.3) is 0 Å². The Morgan fingerprint density at radius 2 is 1.47 bits per heavy atom. The fourth-order valence-corrected chi connectivity index (χ4v) is 1.24. The Balaban J connectivity index is 2.47. The standard InChI is InChI=1S/C8H5F3N2O2/c9-8(10,11)7(12-13-7)4-1-5(14)3-6(15)2-4/h1-3,14-15H. The summed E-state index contributed by atoms with van der Waals surface area (Å²) in [6.07, 6.45) is -4.66. The number of nitrogens with zero attached hydrogens (tertiary/aromatic N) is 2. The van der Waals surface area contributed by atoms with E-state index in [1.807, 2.05) is 0 Å². The minimum atomic E-state index is -4.66. The maximum Gasteiger partial charge on any atom is 0.442 e. The van der Waals surface area contributed by atoms with E-state index in [-0.39, 0.29) is 0 Å². The number of aromatic hydroxyl groups is 2. The lowest BCUT2D eigenvalue weighted by Crippen LogP contribution is -2.29. The Morgan fingerprint density at radius 1 is 1.00 bits per heavy atom. The minimum Gasteiger partial charge on any atom is -0.508 e. The van der Waals surface area contributed by atoms with Gasteiger partial charge in [-0.3, -0.25) is 0 Å². The average molecular weight is 218 g/mol. The van der Waals surface area contributed by atoms with Crippen LogP contribution in [0, 0.1) is 0 Å². The third-order valence-corrected chi connectivity index (χ3v) is 2.00. The van der Waals surface area contributed by atoms with E-state index >= 15 is 0 Å². The molecule has 0 atom stereocenters. The molecule has 1 aliphatic heterocycles. The predicted molar refractivity (Wildman–Crippen MR) is 42.4 cm³/mol. The van der Waals surface area contributed by atoms with Crippen molar-refractivity contribution in [3.05, 3.63) is 23.8 Å². The smallest absolute Gasteiger partial charge is 0.442 e. The summed E-state index contributed by atoms with van der Waals surface area (Å²) >= 11 is 0. The Bertz CT molecular complexity index is 416. The van der Waals surface area contributed by atoms with E-state index < -0.39 is 28.9 Å². The van der Waals surface area contributed by atoms with Crippen LogP contribution in [0.2, 0.25) is 0 Å². The van der Waals surface area contributed by atoms with Crippen LogP contribution in [0.5, 0.6) is 11.5 Å². The highest BCUT2D eigenvalue weighted by Crippen LogP contribution is 2.53. The summed E-state index contributed by atoms with van der Waals surface area (Å²) < 4.78 is 37.5. The fraction of sp³-hybridized carbons (Fsp3) is 0.250. The van der Waals surface area contributed by atoms with Crippen LogP contribution in [0.1, 0.15) is 5.56 Å². The number of alkyl halides is 3. The lowest BCUT2D eigenvalue weighted by atomic mass is 10.0. The van der Waals surface area contributed by atoms with Gasteiger partial charge in [0.2, 0.25) is 0 Å². The molecule has 0 saturated heterocycles. The van der Waals surface area contributed by atoms with Gasteiger partial charge in [0.1, 0.15) is 11.5 Å². The first-order valence-corrected chi connectivity index (χ1v) is 3.89. The van der Waals surface area contributed by atoms with E-state index in [1.54, 1.807) is 0 Å². The first-order chi connectivity index (χ1) is 6.85. The molecular formula is C8H5F3N2O2. The third kappa shape index (κ3) is 1.39. The summed E-state index contributed by atoms with van der Waals surface area (Å²) in [5, 5.41) is 24.0. The van der Waals surface area contributed by atoms with Crippen LogP contribution in [0.4, 0.5) is 13.2 Å². The largest absolute Gasteiger partial charge is 0.508 e. The zero-order valence-electron chi connectivity index (χ0n) is 7.15. The molecule has 1 aromatic carbocycles. The molecule has 1 aromatic rings. The van der Waals surface area contributed by atoms with Gasteiger partial charge in [0.15, 0.2) is 0 Å². The second kappa shape index (κ2) is 2.62. The van der Waals surface area contributed by atoms with Crippen molar-refractivity contribution in [1.82, 2.24) is 0 Å². The fourth-order valence-electron chi connectivity index (χ4n) is 1.24. The molecule has 0 unspecified atom stereocenters. The van der Waals surface area contributed by atoms with Gasteiger partial charge >= 0.3 is 11.8 Å². The summed E-state index contributed by atoms with van der Waals surface area (Å²) in [4.78, 5) is 0. The van der Waals surface area contributed by atoms with Crippen molar-refractivity contribution >= 4 is 0 Å². The van der Waals surface area contributed by atoms with Crippen molar-refractivity contribution in [3.63, 3.8) is 0 Å². The number of phenolic OH excluding ortho intramolecular Hbond substituents is 2.